The molecule has 0 aliphatic carbocycles. The van der Waals surface area contributed by atoms with Crippen LogP contribution >= 0.6 is 0 Å². The first kappa shape index (κ1) is 53.8. The smallest absolute Gasteiger partial charge is 0.139 e. The molecule has 5 aromatic heterocycles. The van der Waals surface area contributed by atoms with Crippen LogP contribution < -0.4 is 0 Å². The molecular formula is C78H77N5. The normalized spacial score (nSPS) is 13.0. The third-order valence-electron chi connectivity index (χ3n) is 17.6. The van der Waals surface area contributed by atoms with Crippen LogP contribution in [0.5, 0.6) is 0 Å². The second kappa shape index (κ2) is 19.0. The highest BCUT2D eigenvalue weighted by molar-refractivity contribution is 6.14. The van der Waals surface area contributed by atoms with E-state index in [-0.39, 0.29) is 27.1 Å². The lowest BCUT2D eigenvalue weighted by Crippen LogP contribution is -2.11. The minimum atomic E-state index is -0.0784. The van der Waals surface area contributed by atoms with E-state index in [0.29, 0.717) is 0 Å². The van der Waals surface area contributed by atoms with Gasteiger partial charge >= 0.3 is 0 Å². The summed E-state index contributed by atoms with van der Waals surface area (Å²) in [6, 6.07) is 69.1. The SMILES string of the molecule is CC(C)(C)c1ccc2c(c1)c1cc(C(C)(C)C)ccc1n2-c1cc(-c2ccccc2-c2cccnc2)c(-n2c3ccc(C(C)(C)C)cc3c3cc(C(C)(C)C)ccc32)c(-c2ccccc2-n2c3ccccc3c3cc(C(C)(C)C)ccc32)n1. The number of pyridine rings is 2. The van der Waals surface area contributed by atoms with E-state index in [1.165, 1.54) is 60.1 Å². The van der Waals surface area contributed by atoms with E-state index in [1.54, 1.807) is 0 Å². The standard InChI is InChI=1S/C78H77N5/c1-74(2,3)49-30-35-66-58(41-49)56-26-18-20-28-64(56)81(66)65-29-21-19-27-57(65)72-73(83-69-38-33-52(77(10,11)12)44-61(69)62-45-53(78(13,14)15)34-39-70(62)83)63(55-25-17-16-24-54(55)48-23-22-40-79-47-48)46-71(80-72)82-67-36-31-50(75(4,5)6)42-59(67)60-43-51(76(7,8)9)32-37-68(60)82/h16-47H,1-15H3. The molecule has 5 heterocycles. The summed E-state index contributed by atoms with van der Waals surface area (Å²) in [6.07, 6.45) is 3.86. The van der Waals surface area contributed by atoms with Gasteiger partial charge in [-0.1, -0.05) is 201 Å². The van der Waals surface area contributed by atoms with Gasteiger partial charge in [-0.05, 0) is 151 Å². The van der Waals surface area contributed by atoms with Gasteiger partial charge in [-0.15, -0.1) is 0 Å². The molecule has 0 atom stereocenters. The number of nitrogens with zero attached hydrogens (tertiary/aromatic N) is 5. The molecule has 13 aromatic rings. The van der Waals surface area contributed by atoms with Gasteiger partial charge in [-0.3, -0.25) is 9.55 Å². The summed E-state index contributed by atoms with van der Waals surface area (Å²) in [7, 11) is 0. The van der Waals surface area contributed by atoms with Crippen LogP contribution in [0, 0.1) is 0 Å². The Kier molecular flexibility index (Phi) is 12.3. The van der Waals surface area contributed by atoms with Crippen LogP contribution in [0.1, 0.15) is 132 Å². The van der Waals surface area contributed by atoms with Gasteiger partial charge in [0.2, 0.25) is 0 Å². The van der Waals surface area contributed by atoms with Crippen molar-refractivity contribution in [3.63, 3.8) is 0 Å². The summed E-state index contributed by atoms with van der Waals surface area (Å²) in [5, 5.41) is 7.33. The van der Waals surface area contributed by atoms with Crippen molar-refractivity contribution < 1.29 is 0 Å². The molecule has 0 N–H and O–H groups in total. The van der Waals surface area contributed by atoms with Crippen LogP contribution in [-0.2, 0) is 27.1 Å². The van der Waals surface area contributed by atoms with E-state index in [2.05, 4.69) is 293 Å². The average Bonchev–Trinajstić information content (AvgIpc) is 2.44. The van der Waals surface area contributed by atoms with E-state index in [1.807, 2.05) is 18.5 Å². The third kappa shape index (κ3) is 9.06. The lowest BCUT2D eigenvalue weighted by molar-refractivity contribution is 0.590. The molecule has 0 saturated carbocycles. The van der Waals surface area contributed by atoms with Crippen molar-refractivity contribution in [1.29, 1.82) is 0 Å². The van der Waals surface area contributed by atoms with E-state index in [4.69, 9.17) is 9.97 Å². The fourth-order valence-electron chi connectivity index (χ4n) is 12.7. The number of rotatable bonds is 6. The molecule has 0 aliphatic rings. The summed E-state index contributed by atoms with van der Waals surface area (Å²) >= 11 is 0. The van der Waals surface area contributed by atoms with Crippen molar-refractivity contribution in [3.8, 4) is 50.7 Å². The maximum Gasteiger partial charge on any atom is 0.139 e. The fourth-order valence-corrected chi connectivity index (χ4v) is 12.7. The summed E-state index contributed by atoms with van der Waals surface area (Å²) in [5.74, 6) is 0.837. The van der Waals surface area contributed by atoms with Crippen LogP contribution in [0.4, 0.5) is 0 Å². The molecule has 0 unspecified atom stereocenters. The summed E-state index contributed by atoms with van der Waals surface area (Å²) in [6.45, 7) is 34.7. The number of aromatic nitrogens is 5. The van der Waals surface area contributed by atoms with Crippen LogP contribution in [0.3, 0.4) is 0 Å². The molecule has 414 valence electrons. The monoisotopic (exact) mass is 1080 g/mol. The molecule has 0 aliphatic heterocycles. The van der Waals surface area contributed by atoms with Crippen LogP contribution in [0.25, 0.3) is 116 Å². The van der Waals surface area contributed by atoms with Crippen molar-refractivity contribution in [2.45, 2.75) is 131 Å². The quantitative estimate of drug-likeness (QED) is 0.166. The van der Waals surface area contributed by atoms with Gasteiger partial charge in [0.25, 0.3) is 0 Å². The number of para-hydroxylation sites is 2. The Hall–Kier alpha value is -8.54. The second-order valence-electron chi connectivity index (χ2n) is 28.5. The molecule has 5 nitrogen and oxygen atoms in total. The number of hydrogen-bond donors (Lipinski definition) is 0. The largest absolute Gasteiger partial charge is 0.309 e. The molecule has 83 heavy (non-hydrogen) atoms. The van der Waals surface area contributed by atoms with E-state index >= 15 is 0 Å². The zero-order chi connectivity index (χ0) is 58.3. The molecule has 0 fully saturated rings. The molecule has 0 amide bonds. The summed E-state index contributed by atoms with van der Waals surface area (Å²) in [5.41, 5.74) is 21.2. The van der Waals surface area contributed by atoms with Crippen LogP contribution in [0.2, 0.25) is 0 Å². The third-order valence-corrected chi connectivity index (χ3v) is 17.6. The van der Waals surface area contributed by atoms with E-state index in [9.17, 15) is 0 Å². The summed E-state index contributed by atoms with van der Waals surface area (Å²) in [4.78, 5) is 11.0. The Balaban J connectivity index is 1.26. The maximum absolute atomic E-state index is 6.29. The molecule has 0 radical (unpaired) electrons. The highest BCUT2D eigenvalue weighted by atomic mass is 15.1. The van der Waals surface area contributed by atoms with Crippen molar-refractivity contribution >= 4 is 65.4 Å². The van der Waals surface area contributed by atoms with Crippen molar-refractivity contribution in [1.82, 2.24) is 23.7 Å². The van der Waals surface area contributed by atoms with Crippen LogP contribution in [-0.4, -0.2) is 23.7 Å². The van der Waals surface area contributed by atoms with E-state index < -0.39 is 0 Å². The first-order valence-electron chi connectivity index (χ1n) is 29.7. The molecule has 5 heteroatoms. The Morgan fingerprint density at radius 2 is 0.687 bits per heavy atom. The van der Waals surface area contributed by atoms with Crippen LogP contribution in [0.15, 0.2) is 194 Å². The topological polar surface area (TPSA) is 40.6 Å². The van der Waals surface area contributed by atoms with Gasteiger partial charge < -0.3 is 9.13 Å². The van der Waals surface area contributed by atoms with E-state index in [0.717, 1.165) is 83.8 Å². The minimum Gasteiger partial charge on any atom is -0.309 e. The van der Waals surface area contributed by atoms with Gasteiger partial charge in [0.15, 0.2) is 0 Å². The highest BCUT2D eigenvalue weighted by Crippen LogP contribution is 2.49. The highest BCUT2D eigenvalue weighted by Gasteiger charge is 2.30. The number of benzene rings is 8. The predicted octanol–water partition coefficient (Wildman–Crippen LogP) is 21.3. The molecule has 8 aromatic carbocycles. The Morgan fingerprint density at radius 3 is 1.14 bits per heavy atom. The van der Waals surface area contributed by atoms with Gasteiger partial charge in [0.1, 0.15) is 5.82 Å². The average molecular weight is 1080 g/mol. The Bertz CT molecular complexity index is 4590. The fraction of sp³-hybridized carbons (Fsp3) is 0.256. The Labute approximate surface area is 490 Å². The molecular weight excluding hydrogens is 1010 g/mol. The maximum atomic E-state index is 6.29. The Morgan fingerprint density at radius 1 is 0.301 bits per heavy atom. The van der Waals surface area contributed by atoms with Gasteiger partial charge in [0, 0.05) is 61.4 Å². The van der Waals surface area contributed by atoms with Crippen molar-refractivity contribution in [3.05, 3.63) is 222 Å². The molecule has 13 rings (SSSR count). The van der Waals surface area contributed by atoms with Crippen molar-refractivity contribution in [2.75, 3.05) is 0 Å². The molecule has 0 bridgehead atoms. The minimum absolute atomic E-state index is 0.0316. The van der Waals surface area contributed by atoms with Gasteiger partial charge in [-0.2, -0.15) is 0 Å². The summed E-state index contributed by atoms with van der Waals surface area (Å²) < 4.78 is 7.50. The van der Waals surface area contributed by atoms with Crippen molar-refractivity contribution in [2.24, 2.45) is 0 Å². The lowest BCUT2D eigenvalue weighted by Gasteiger charge is -2.24. The molecule has 0 saturated heterocycles. The van der Waals surface area contributed by atoms with Gasteiger partial charge in [-0.25, -0.2) is 4.98 Å². The predicted molar refractivity (Wildman–Crippen MR) is 355 cm³/mol. The first-order valence-corrected chi connectivity index (χ1v) is 29.7. The number of hydrogen-bond acceptors (Lipinski definition) is 2. The molecule has 0 spiro atoms. The second-order valence-corrected chi connectivity index (χ2v) is 28.5. The lowest BCUT2D eigenvalue weighted by atomic mass is 9.85. The number of fused-ring (bicyclic) bond motifs is 9. The zero-order valence-corrected chi connectivity index (χ0v) is 51.2. The van der Waals surface area contributed by atoms with Gasteiger partial charge in [0.05, 0.1) is 50.2 Å². The zero-order valence-electron chi connectivity index (χ0n) is 51.2. The first-order chi connectivity index (χ1) is 39.3.